The number of oxime groups is 1. The number of rotatable bonds is 4. The van der Waals surface area contributed by atoms with Gasteiger partial charge in [0.15, 0.2) is 0 Å². The lowest BCUT2D eigenvalue weighted by Gasteiger charge is -2.07. The van der Waals surface area contributed by atoms with Gasteiger partial charge in [-0.2, -0.15) is 0 Å². The van der Waals surface area contributed by atoms with Crippen molar-refractivity contribution in [3.63, 3.8) is 0 Å². The van der Waals surface area contributed by atoms with Crippen LogP contribution in [0.3, 0.4) is 0 Å². The minimum atomic E-state index is -0.649. The summed E-state index contributed by atoms with van der Waals surface area (Å²) < 4.78 is 0. The average molecular weight is 317 g/mol. The smallest absolute Gasteiger partial charge is 0.297 e. The minimum absolute atomic E-state index is 0.557. The van der Waals surface area contributed by atoms with E-state index in [2.05, 4.69) is 15.5 Å². The lowest BCUT2D eigenvalue weighted by atomic mass is 10.0. The molecule has 3 aromatic rings. The van der Waals surface area contributed by atoms with E-state index in [0.717, 1.165) is 11.1 Å². The first kappa shape index (κ1) is 15.4. The maximum atomic E-state index is 11.9. The summed E-state index contributed by atoms with van der Waals surface area (Å²) in [5.41, 5.74) is 2.85. The second-order valence-electron chi connectivity index (χ2n) is 4.91. The molecule has 1 aromatic heterocycles. The molecule has 0 atom stereocenters. The van der Waals surface area contributed by atoms with Crippen LogP contribution in [0.2, 0.25) is 0 Å². The SMILES string of the molecule is O=C(Nc1ccccc1)O/N=C(\c1ccccc1)c1ccncc1. The maximum Gasteiger partial charge on any atom is 0.437 e. The third-order valence-electron chi connectivity index (χ3n) is 3.24. The van der Waals surface area contributed by atoms with E-state index >= 15 is 0 Å². The largest absolute Gasteiger partial charge is 0.437 e. The van der Waals surface area contributed by atoms with Gasteiger partial charge in [-0.15, -0.1) is 0 Å². The Balaban J connectivity index is 1.81. The second kappa shape index (κ2) is 7.69. The standard InChI is InChI=1S/C19H15N3O2/c23-19(21-17-9-5-2-6-10-17)24-22-18(15-7-3-1-4-8-15)16-11-13-20-14-12-16/h1-14H,(H,21,23)/b22-18+. The summed E-state index contributed by atoms with van der Waals surface area (Å²) in [5, 5.41) is 6.66. The Labute approximate surface area is 139 Å². The van der Waals surface area contributed by atoms with Gasteiger partial charge in [0, 0.05) is 29.2 Å². The Bertz CT molecular complexity index is 778. The lowest BCUT2D eigenvalue weighted by molar-refractivity contribution is 0.166. The first-order valence-corrected chi connectivity index (χ1v) is 7.40. The molecule has 0 saturated carbocycles. The molecule has 5 heteroatoms. The van der Waals surface area contributed by atoms with Crippen molar-refractivity contribution in [3.05, 3.63) is 96.3 Å². The second-order valence-corrected chi connectivity index (χ2v) is 4.91. The van der Waals surface area contributed by atoms with Crippen LogP contribution in [0.4, 0.5) is 10.5 Å². The number of carbonyl (C=O) groups excluding carboxylic acids is 1. The van der Waals surface area contributed by atoms with Crippen LogP contribution in [0.1, 0.15) is 11.1 Å². The molecule has 0 aliphatic rings. The quantitative estimate of drug-likeness (QED) is 0.448. The van der Waals surface area contributed by atoms with E-state index in [4.69, 9.17) is 4.84 Å². The van der Waals surface area contributed by atoms with Crippen LogP contribution >= 0.6 is 0 Å². The number of hydrogen-bond donors (Lipinski definition) is 1. The fourth-order valence-corrected chi connectivity index (χ4v) is 2.13. The highest BCUT2D eigenvalue weighted by Gasteiger charge is 2.09. The van der Waals surface area contributed by atoms with Gasteiger partial charge in [0.05, 0.1) is 0 Å². The van der Waals surface area contributed by atoms with Gasteiger partial charge >= 0.3 is 6.09 Å². The van der Waals surface area contributed by atoms with Gasteiger partial charge in [0.2, 0.25) is 0 Å². The first-order valence-electron chi connectivity index (χ1n) is 7.40. The molecule has 0 bridgehead atoms. The van der Waals surface area contributed by atoms with Gasteiger partial charge in [-0.3, -0.25) is 15.1 Å². The van der Waals surface area contributed by atoms with E-state index in [9.17, 15) is 4.79 Å². The third-order valence-corrected chi connectivity index (χ3v) is 3.24. The number of pyridine rings is 1. The zero-order valence-corrected chi connectivity index (χ0v) is 12.8. The number of para-hydroxylation sites is 1. The fourth-order valence-electron chi connectivity index (χ4n) is 2.13. The van der Waals surface area contributed by atoms with E-state index in [1.165, 1.54) is 0 Å². The summed E-state index contributed by atoms with van der Waals surface area (Å²) in [6, 6.07) is 22.2. The van der Waals surface area contributed by atoms with Crippen LogP contribution in [0.5, 0.6) is 0 Å². The Morgan fingerprint density at radius 2 is 1.42 bits per heavy atom. The summed E-state index contributed by atoms with van der Waals surface area (Å²) in [6.07, 6.45) is 2.68. The number of nitrogens with zero attached hydrogens (tertiary/aromatic N) is 2. The molecule has 118 valence electrons. The minimum Gasteiger partial charge on any atom is -0.297 e. The molecule has 1 heterocycles. The van der Waals surface area contributed by atoms with Gasteiger partial charge in [-0.25, -0.2) is 4.79 Å². The number of aromatic nitrogens is 1. The molecule has 0 unspecified atom stereocenters. The van der Waals surface area contributed by atoms with Crippen molar-refractivity contribution in [3.8, 4) is 0 Å². The van der Waals surface area contributed by atoms with Gasteiger partial charge in [-0.05, 0) is 24.3 Å². The van der Waals surface area contributed by atoms with Crippen molar-refractivity contribution in [2.24, 2.45) is 5.16 Å². The molecule has 0 radical (unpaired) electrons. The van der Waals surface area contributed by atoms with E-state index in [0.29, 0.717) is 11.4 Å². The molecule has 0 aliphatic carbocycles. The van der Waals surface area contributed by atoms with Crippen LogP contribution < -0.4 is 5.32 Å². The fraction of sp³-hybridized carbons (Fsp3) is 0. The molecule has 2 aromatic carbocycles. The van der Waals surface area contributed by atoms with Crippen LogP contribution in [0, 0.1) is 0 Å². The number of anilines is 1. The number of amides is 1. The number of nitrogens with one attached hydrogen (secondary N) is 1. The van der Waals surface area contributed by atoms with Crippen molar-refractivity contribution in [1.82, 2.24) is 4.98 Å². The zero-order chi connectivity index (χ0) is 16.6. The number of benzene rings is 2. The maximum absolute atomic E-state index is 11.9. The Morgan fingerprint density at radius 1 is 0.833 bits per heavy atom. The Hall–Kier alpha value is -3.47. The first-order chi connectivity index (χ1) is 11.8. The average Bonchev–Trinajstić information content (AvgIpc) is 2.64. The molecule has 1 amide bonds. The molecule has 0 saturated heterocycles. The summed E-state index contributed by atoms with van der Waals surface area (Å²) in [4.78, 5) is 21.0. The lowest BCUT2D eigenvalue weighted by Crippen LogP contribution is -2.13. The van der Waals surface area contributed by atoms with E-state index in [1.807, 2.05) is 60.7 Å². The predicted molar refractivity (Wildman–Crippen MR) is 92.9 cm³/mol. The van der Waals surface area contributed by atoms with Crippen molar-refractivity contribution in [2.75, 3.05) is 5.32 Å². The van der Waals surface area contributed by atoms with Crippen molar-refractivity contribution in [1.29, 1.82) is 0 Å². The summed E-state index contributed by atoms with van der Waals surface area (Å²) >= 11 is 0. The van der Waals surface area contributed by atoms with Crippen LogP contribution in [-0.4, -0.2) is 16.8 Å². The Morgan fingerprint density at radius 3 is 2.08 bits per heavy atom. The molecule has 0 spiro atoms. The molecule has 5 nitrogen and oxygen atoms in total. The zero-order valence-electron chi connectivity index (χ0n) is 12.8. The molecule has 24 heavy (non-hydrogen) atoms. The number of carbonyl (C=O) groups is 1. The predicted octanol–water partition coefficient (Wildman–Crippen LogP) is 4.08. The topological polar surface area (TPSA) is 63.6 Å². The third kappa shape index (κ3) is 4.04. The highest BCUT2D eigenvalue weighted by Crippen LogP contribution is 2.11. The Kier molecular flexibility index (Phi) is 4.94. The van der Waals surface area contributed by atoms with Crippen molar-refractivity contribution >= 4 is 17.5 Å². The molecule has 3 rings (SSSR count). The van der Waals surface area contributed by atoms with Crippen LogP contribution in [-0.2, 0) is 4.84 Å². The van der Waals surface area contributed by atoms with Crippen molar-refractivity contribution in [2.45, 2.75) is 0 Å². The van der Waals surface area contributed by atoms with Crippen LogP contribution in [0.25, 0.3) is 0 Å². The molecule has 1 N–H and O–H groups in total. The molecular formula is C19H15N3O2. The van der Waals surface area contributed by atoms with E-state index in [1.54, 1.807) is 24.5 Å². The summed E-state index contributed by atoms with van der Waals surface area (Å²) in [5.74, 6) is 0. The molecule has 0 aliphatic heterocycles. The van der Waals surface area contributed by atoms with Crippen LogP contribution in [0.15, 0.2) is 90.3 Å². The van der Waals surface area contributed by atoms with Gasteiger partial charge in [-0.1, -0.05) is 53.7 Å². The van der Waals surface area contributed by atoms with Gasteiger partial charge < -0.3 is 0 Å². The normalized spacial score (nSPS) is 10.9. The molecule has 0 fully saturated rings. The van der Waals surface area contributed by atoms with E-state index in [-0.39, 0.29) is 0 Å². The monoisotopic (exact) mass is 317 g/mol. The summed E-state index contributed by atoms with van der Waals surface area (Å²) in [7, 11) is 0. The van der Waals surface area contributed by atoms with Crippen molar-refractivity contribution < 1.29 is 9.63 Å². The summed E-state index contributed by atoms with van der Waals surface area (Å²) in [6.45, 7) is 0. The van der Waals surface area contributed by atoms with Gasteiger partial charge in [0.25, 0.3) is 0 Å². The highest BCUT2D eigenvalue weighted by molar-refractivity contribution is 6.12. The van der Waals surface area contributed by atoms with E-state index < -0.39 is 6.09 Å². The highest BCUT2D eigenvalue weighted by atomic mass is 16.7. The molecular weight excluding hydrogens is 302 g/mol. The number of hydrogen-bond acceptors (Lipinski definition) is 4. The van der Waals surface area contributed by atoms with Gasteiger partial charge in [0.1, 0.15) is 5.71 Å².